The Labute approximate surface area is 121 Å². The molecular formula is C16H24N2O2. The minimum absolute atomic E-state index is 0.0968. The number of morpholine rings is 1. The van der Waals surface area contributed by atoms with E-state index < -0.39 is 0 Å². The van der Waals surface area contributed by atoms with Crippen LogP contribution in [-0.2, 0) is 9.53 Å². The van der Waals surface area contributed by atoms with Crippen LogP contribution in [0.1, 0.15) is 33.1 Å². The van der Waals surface area contributed by atoms with Crippen LogP contribution in [0, 0.1) is 0 Å². The van der Waals surface area contributed by atoms with E-state index in [0.29, 0.717) is 6.42 Å². The molecule has 4 nitrogen and oxygen atoms in total. The van der Waals surface area contributed by atoms with Crippen LogP contribution in [0.3, 0.4) is 0 Å². The Morgan fingerprint density at radius 1 is 1.40 bits per heavy atom. The predicted octanol–water partition coefficient (Wildman–Crippen LogP) is 3.04. The molecule has 1 aliphatic rings. The molecule has 1 unspecified atom stereocenters. The fourth-order valence-corrected chi connectivity index (χ4v) is 2.37. The quantitative estimate of drug-likeness (QED) is 0.898. The molecule has 20 heavy (non-hydrogen) atoms. The van der Waals surface area contributed by atoms with Gasteiger partial charge in [0.2, 0.25) is 5.91 Å². The first-order chi connectivity index (χ1) is 9.69. The minimum Gasteiger partial charge on any atom is -0.375 e. The molecule has 0 saturated carbocycles. The molecule has 1 N–H and O–H groups in total. The van der Waals surface area contributed by atoms with Crippen molar-refractivity contribution in [3.05, 3.63) is 24.3 Å². The van der Waals surface area contributed by atoms with Gasteiger partial charge >= 0.3 is 0 Å². The fourth-order valence-electron chi connectivity index (χ4n) is 2.37. The second kappa shape index (κ2) is 7.29. The van der Waals surface area contributed by atoms with Gasteiger partial charge in [0.15, 0.2) is 0 Å². The van der Waals surface area contributed by atoms with Crippen molar-refractivity contribution in [2.75, 3.05) is 29.9 Å². The Kier molecular flexibility index (Phi) is 5.41. The molecule has 0 aliphatic carbocycles. The second-order valence-electron chi connectivity index (χ2n) is 5.33. The van der Waals surface area contributed by atoms with Crippen molar-refractivity contribution in [3.63, 3.8) is 0 Å². The number of carbonyl (C=O) groups excluding carboxylic acids is 1. The summed E-state index contributed by atoms with van der Waals surface area (Å²) in [6, 6.07) is 8.07. The number of unbranched alkanes of at least 4 members (excludes halogenated alkanes) is 1. The highest BCUT2D eigenvalue weighted by Crippen LogP contribution is 2.20. The summed E-state index contributed by atoms with van der Waals surface area (Å²) in [6.07, 6.45) is 2.85. The summed E-state index contributed by atoms with van der Waals surface area (Å²) in [6.45, 7) is 6.80. The molecule has 1 amide bonds. The molecule has 0 spiro atoms. The molecule has 1 fully saturated rings. The average Bonchev–Trinajstić information content (AvgIpc) is 2.46. The largest absolute Gasteiger partial charge is 0.375 e. The maximum absolute atomic E-state index is 11.7. The van der Waals surface area contributed by atoms with Crippen molar-refractivity contribution in [2.24, 2.45) is 0 Å². The molecule has 4 heteroatoms. The lowest BCUT2D eigenvalue weighted by Crippen LogP contribution is -2.41. The van der Waals surface area contributed by atoms with Crippen LogP contribution >= 0.6 is 0 Å². The third kappa shape index (κ3) is 4.23. The van der Waals surface area contributed by atoms with Gasteiger partial charge in [-0.1, -0.05) is 13.3 Å². The summed E-state index contributed by atoms with van der Waals surface area (Å²) in [5, 5.41) is 2.93. The Morgan fingerprint density at radius 3 is 2.80 bits per heavy atom. The molecule has 0 bridgehead atoms. The van der Waals surface area contributed by atoms with Crippen LogP contribution in [0.15, 0.2) is 24.3 Å². The maximum Gasteiger partial charge on any atom is 0.224 e. The summed E-state index contributed by atoms with van der Waals surface area (Å²) < 4.78 is 5.54. The van der Waals surface area contributed by atoms with E-state index in [0.717, 1.165) is 38.2 Å². The first-order valence-corrected chi connectivity index (χ1v) is 7.45. The average molecular weight is 276 g/mol. The minimum atomic E-state index is 0.0968. The van der Waals surface area contributed by atoms with Gasteiger partial charge in [-0.05, 0) is 37.6 Å². The topological polar surface area (TPSA) is 41.6 Å². The van der Waals surface area contributed by atoms with Crippen LogP contribution in [0.2, 0.25) is 0 Å². The second-order valence-corrected chi connectivity index (χ2v) is 5.33. The van der Waals surface area contributed by atoms with Gasteiger partial charge in [0.1, 0.15) is 0 Å². The number of amides is 1. The van der Waals surface area contributed by atoms with Gasteiger partial charge in [-0.3, -0.25) is 4.79 Å². The monoisotopic (exact) mass is 276 g/mol. The molecule has 0 radical (unpaired) electrons. The molecule has 1 atom stereocenters. The highest BCUT2D eigenvalue weighted by Gasteiger charge is 2.16. The third-order valence-corrected chi connectivity index (χ3v) is 3.51. The van der Waals surface area contributed by atoms with E-state index in [4.69, 9.17) is 4.74 Å². The molecule has 1 saturated heterocycles. The lowest BCUT2D eigenvalue weighted by molar-refractivity contribution is -0.116. The first-order valence-electron chi connectivity index (χ1n) is 7.45. The van der Waals surface area contributed by atoms with Crippen molar-refractivity contribution in [1.29, 1.82) is 0 Å². The molecule has 1 aromatic rings. The van der Waals surface area contributed by atoms with E-state index in [-0.39, 0.29) is 12.0 Å². The predicted molar refractivity (Wildman–Crippen MR) is 82.2 cm³/mol. The lowest BCUT2D eigenvalue weighted by atomic mass is 10.2. The van der Waals surface area contributed by atoms with Crippen molar-refractivity contribution < 1.29 is 9.53 Å². The number of hydrogen-bond donors (Lipinski definition) is 1. The van der Waals surface area contributed by atoms with E-state index in [1.807, 2.05) is 12.1 Å². The van der Waals surface area contributed by atoms with Gasteiger partial charge in [-0.15, -0.1) is 0 Å². The molecule has 1 aromatic carbocycles. The summed E-state index contributed by atoms with van der Waals surface area (Å²) in [5.74, 6) is 0.0968. The van der Waals surface area contributed by atoms with Crippen LogP contribution in [-0.4, -0.2) is 31.7 Å². The van der Waals surface area contributed by atoms with Crippen LogP contribution in [0.4, 0.5) is 11.4 Å². The standard InChI is InChI=1S/C16H24N2O2/c1-3-4-5-16(19)17-14-6-8-15(9-7-14)18-10-11-20-13(2)12-18/h6-9,13H,3-5,10-12H2,1-2H3,(H,17,19). The molecule has 2 rings (SSSR count). The Morgan fingerprint density at radius 2 is 2.15 bits per heavy atom. The molecule has 0 aromatic heterocycles. The van der Waals surface area contributed by atoms with Crippen molar-refractivity contribution in [1.82, 2.24) is 0 Å². The number of nitrogens with zero attached hydrogens (tertiary/aromatic N) is 1. The highest BCUT2D eigenvalue weighted by molar-refractivity contribution is 5.90. The summed E-state index contributed by atoms with van der Waals surface area (Å²) in [5.41, 5.74) is 2.06. The summed E-state index contributed by atoms with van der Waals surface area (Å²) >= 11 is 0. The van der Waals surface area contributed by atoms with Crippen molar-refractivity contribution >= 4 is 17.3 Å². The van der Waals surface area contributed by atoms with Crippen molar-refractivity contribution in [2.45, 2.75) is 39.2 Å². The molecular weight excluding hydrogens is 252 g/mol. The molecule has 1 heterocycles. The smallest absolute Gasteiger partial charge is 0.224 e. The van der Waals surface area contributed by atoms with Gasteiger partial charge < -0.3 is 15.0 Å². The zero-order chi connectivity index (χ0) is 14.4. The van der Waals surface area contributed by atoms with Gasteiger partial charge in [-0.25, -0.2) is 0 Å². The summed E-state index contributed by atoms with van der Waals surface area (Å²) in [4.78, 5) is 14.0. The normalized spacial score (nSPS) is 18.9. The Balaban J connectivity index is 1.90. The van der Waals surface area contributed by atoms with E-state index in [9.17, 15) is 4.79 Å². The first kappa shape index (κ1) is 14.9. The fraction of sp³-hybridized carbons (Fsp3) is 0.562. The number of hydrogen-bond acceptors (Lipinski definition) is 3. The Hall–Kier alpha value is -1.55. The SMILES string of the molecule is CCCCC(=O)Nc1ccc(N2CCOC(C)C2)cc1. The molecule has 110 valence electrons. The Bertz CT molecular complexity index is 431. The van der Waals surface area contributed by atoms with Crippen LogP contribution in [0.25, 0.3) is 0 Å². The number of anilines is 2. The van der Waals surface area contributed by atoms with Gasteiger partial charge in [0.25, 0.3) is 0 Å². The van der Waals surface area contributed by atoms with Gasteiger partial charge in [-0.2, -0.15) is 0 Å². The summed E-state index contributed by atoms with van der Waals surface area (Å²) in [7, 11) is 0. The zero-order valence-corrected chi connectivity index (χ0v) is 12.4. The van der Waals surface area contributed by atoms with E-state index in [1.165, 1.54) is 5.69 Å². The van der Waals surface area contributed by atoms with Crippen LogP contribution in [0.5, 0.6) is 0 Å². The van der Waals surface area contributed by atoms with E-state index >= 15 is 0 Å². The third-order valence-electron chi connectivity index (χ3n) is 3.51. The lowest BCUT2D eigenvalue weighted by Gasteiger charge is -2.33. The maximum atomic E-state index is 11.7. The number of nitrogens with one attached hydrogen (secondary N) is 1. The highest BCUT2D eigenvalue weighted by atomic mass is 16.5. The van der Waals surface area contributed by atoms with Crippen LogP contribution < -0.4 is 10.2 Å². The zero-order valence-electron chi connectivity index (χ0n) is 12.4. The van der Waals surface area contributed by atoms with Gasteiger partial charge in [0, 0.05) is 30.9 Å². The van der Waals surface area contributed by atoms with Gasteiger partial charge in [0.05, 0.1) is 12.7 Å². The van der Waals surface area contributed by atoms with E-state index in [2.05, 4.69) is 36.2 Å². The van der Waals surface area contributed by atoms with Crippen molar-refractivity contribution in [3.8, 4) is 0 Å². The number of ether oxygens (including phenoxy) is 1. The van der Waals surface area contributed by atoms with E-state index in [1.54, 1.807) is 0 Å². The number of benzene rings is 1. The molecule has 1 aliphatic heterocycles. The number of rotatable bonds is 5. The number of carbonyl (C=O) groups is 1.